The molecule has 1 aliphatic rings. The number of hydrogen-bond donors (Lipinski definition) is 3. The summed E-state index contributed by atoms with van der Waals surface area (Å²) in [7, 11) is 0. The summed E-state index contributed by atoms with van der Waals surface area (Å²) >= 11 is 0. The fourth-order valence-electron chi connectivity index (χ4n) is 1.77. The molecular formula is C12H26N4O3. The Labute approximate surface area is 116 Å². The van der Waals surface area contributed by atoms with Crippen molar-refractivity contribution in [2.75, 3.05) is 26.2 Å². The van der Waals surface area contributed by atoms with Crippen LogP contribution in [-0.2, 0) is 14.4 Å². The van der Waals surface area contributed by atoms with Crippen LogP contribution in [0.5, 0.6) is 0 Å². The highest BCUT2D eigenvalue weighted by molar-refractivity contribution is 5.87. The van der Waals surface area contributed by atoms with Gasteiger partial charge in [-0.05, 0) is 19.8 Å². The summed E-state index contributed by atoms with van der Waals surface area (Å²) in [6.07, 6.45) is 1.53. The number of nitrogens with zero attached hydrogens (tertiary/aromatic N) is 1. The average Bonchev–Trinajstić information content (AvgIpc) is 2.34. The van der Waals surface area contributed by atoms with Gasteiger partial charge in [0.15, 0.2) is 0 Å². The largest absolute Gasteiger partial charge is 0.352 e. The van der Waals surface area contributed by atoms with E-state index in [4.69, 9.17) is 10.6 Å². The molecule has 0 radical (unpaired) electrons. The fraction of sp³-hybridized carbons (Fsp3) is 0.667. The number of hydroxylamine groups is 1. The summed E-state index contributed by atoms with van der Waals surface area (Å²) < 4.78 is 0. The van der Waals surface area contributed by atoms with Gasteiger partial charge >= 0.3 is 0 Å². The van der Waals surface area contributed by atoms with Crippen LogP contribution in [0.25, 0.3) is 0 Å². The van der Waals surface area contributed by atoms with Crippen molar-refractivity contribution in [1.82, 2.24) is 15.7 Å². The maximum atomic E-state index is 11.7. The molecule has 7 nitrogen and oxygen atoms in total. The van der Waals surface area contributed by atoms with E-state index in [9.17, 15) is 9.59 Å². The Morgan fingerprint density at radius 1 is 1.68 bits per heavy atom. The zero-order valence-electron chi connectivity index (χ0n) is 11.3. The molecule has 2 amide bonds. The van der Waals surface area contributed by atoms with Gasteiger partial charge in [-0.15, -0.1) is 0 Å². The zero-order chi connectivity index (χ0) is 14.3. The first-order chi connectivity index (χ1) is 9.00. The summed E-state index contributed by atoms with van der Waals surface area (Å²) in [6, 6.07) is -0.468. The van der Waals surface area contributed by atoms with Crippen LogP contribution < -0.4 is 16.5 Å². The molecule has 0 spiro atoms. The second kappa shape index (κ2) is 7.75. The van der Waals surface area contributed by atoms with Crippen molar-refractivity contribution in [3.05, 3.63) is 12.3 Å². The highest BCUT2D eigenvalue weighted by Crippen LogP contribution is 2.08. The van der Waals surface area contributed by atoms with Crippen molar-refractivity contribution in [2.45, 2.75) is 25.8 Å². The summed E-state index contributed by atoms with van der Waals surface area (Å²) in [5.41, 5.74) is 8.93. The predicted molar refractivity (Wildman–Crippen MR) is 74.9 cm³/mol. The van der Waals surface area contributed by atoms with Crippen LogP contribution in [0.3, 0.4) is 0 Å². The van der Waals surface area contributed by atoms with Gasteiger partial charge in [-0.2, -0.15) is 0 Å². The molecule has 4 N–H and O–H groups in total. The van der Waals surface area contributed by atoms with Gasteiger partial charge in [-0.3, -0.25) is 19.9 Å². The topological polar surface area (TPSA) is 96.7 Å². The zero-order valence-corrected chi connectivity index (χ0v) is 11.3. The van der Waals surface area contributed by atoms with Crippen LogP contribution in [0.1, 0.15) is 22.6 Å². The SMILES string of the molecule is C=C(C)NOCCNC(=O)CN1CCC[C@H](N)C1=O.[HH].[HH]. The summed E-state index contributed by atoms with van der Waals surface area (Å²) in [6.45, 7) is 6.71. The molecule has 0 saturated carbocycles. The Morgan fingerprint density at radius 3 is 3.11 bits per heavy atom. The number of hydrogen-bond acceptors (Lipinski definition) is 5. The Bertz CT molecular complexity index is 355. The van der Waals surface area contributed by atoms with Crippen molar-refractivity contribution in [3.63, 3.8) is 0 Å². The molecule has 0 unspecified atom stereocenters. The minimum atomic E-state index is -0.468. The molecule has 0 bridgehead atoms. The quantitative estimate of drug-likeness (QED) is 0.433. The van der Waals surface area contributed by atoms with Crippen LogP contribution in [0.2, 0.25) is 0 Å². The Hall–Kier alpha value is -1.60. The monoisotopic (exact) mass is 274 g/mol. The van der Waals surface area contributed by atoms with Crippen LogP contribution in [-0.4, -0.2) is 49.0 Å². The molecule has 0 aliphatic carbocycles. The van der Waals surface area contributed by atoms with Crippen LogP contribution in [0.15, 0.2) is 12.3 Å². The molecule has 7 heteroatoms. The Morgan fingerprint density at radius 2 is 2.42 bits per heavy atom. The third-order valence-electron chi connectivity index (χ3n) is 2.68. The number of amides is 2. The summed E-state index contributed by atoms with van der Waals surface area (Å²) in [5, 5.41) is 2.67. The highest BCUT2D eigenvalue weighted by atomic mass is 16.6. The average molecular weight is 274 g/mol. The number of allylic oxidation sites excluding steroid dienone is 1. The smallest absolute Gasteiger partial charge is 0.239 e. The van der Waals surface area contributed by atoms with Crippen LogP contribution in [0.4, 0.5) is 0 Å². The lowest BCUT2D eigenvalue weighted by molar-refractivity contribution is -0.139. The second-order valence-electron chi connectivity index (χ2n) is 4.59. The van der Waals surface area contributed by atoms with E-state index in [1.54, 1.807) is 6.92 Å². The first-order valence-corrected chi connectivity index (χ1v) is 6.35. The number of likely N-dealkylation sites (tertiary alicyclic amines) is 1. The van der Waals surface area contributed by atoms with E-state index >= 15 is 0 Å². The fourth-order valence-corrected chi connectivity index (χ4v) is 1.77. The lowest BCUT2D eigenvalue weighted by Crippen LogP contribution is -2.51. The molecule has 19 heavy (non-hydrogen) atoms. The number of carbonyl (C=O) groups excluding carboxylic acids is 2. The molecule has 1 heterocycles. The summed E-state index contributed by atoms with van der Waals surface area (Å²) in [4.78, 5) is 29.8. The number of piperidine rings is 1. The normalized spacial score (nSPS) is 19.2. The van der Waals surface area contributed by atoms with Crippen molar-refractivity contribution in [1.29, 1.82) is 0 Å². The summed E-state index contributed by atoms with van der Waals surface area (Å²) in [5.74, 6) is -0.358. The van der Waals surface area contributed by atoms with Crippen molar-refractivity contribution in [3.8, 4) is 0 Å². The Kier molecular flexibility index (Phi) is 6.31. The van der Waals surface area contributed by atoms with Gasteiger partial charge in [0.05, 0.1) is 19.2 Å². The number of nitrogens with one attached hydrogen (secondary N) is 2. The maximum Gasteiger partial charge on any atom is 0.239 e. The van der Waals surface area contributed by atoms with Crippen molar-refractivity contribution in [2.24, 2.45) is 5.73 Å². The van der Waals surface area contributed by atoms with E-state index in [0.29, 0.717) is 31.8 Å². The predicted octanol–water partition coefficient (Wildman–Crippen LogP) is -0.401. The van der Waals surface area contributed by atoms with Crippen molar-refractivity contribution < 1.29 is 17.3 Å². The standard InChI is InChI=1S/C12H22N4O3.2H2/c1-9(2)15-19-7-5-14-11(17)8-16-6-3-4-10(13)12(16)18;;/h10,15H,1,3-8,13H2,2H3,(H,14,17);2*1H/t10-;;/m0../s1. The highest BCUT2D eigenvalue weighted by Gasteiger charge is 2.26. The second-order valence-corrected chi connectivity index (χ2v) is 4.59. The van der Waals surface area contributed by atoms with Gasteiger partial charge in [0.25, 0.3) is 0 Å². The third kappa shape index (κ3) is 5.71. The van der Waals surface area contributed by atoms with Gasteiger partial charge in [-0.25, -0.2) is 0 Å². The van der Waals surface area contributed by atoms with Gasteiger partial charge < -0.3 is 16.0 Å². The molecule has 112 valence electrons. The van der Waals surface area contributed by atoms with Gasteiger partial charge in [0.2, 0.25) is 11.8 Å². The van der Waals surface area contributed by atoms with E-state index in [-0.39, 0.29) is 21.2 Å². The molecule has 1 aliphatic heterocycles. The van der Waals surface area contributed by atoms with E-state index < -0.39 is 6.04 Å². The molecule has 0 aromatic heterocycles. The lowest BCUT2D eigenvalue weighted by atomic mass is 10.1. The van der Waals surface area contributed by atoms with Crippen LogP contribution >= 0.6 is 0 Å². The first kappa shape index (κ1) is 15.5. The third-order valence-corrected chi connectivity index (χ3v) is 2.68. The van der Waals surface area contributed by atoms with Gasteiger partial charge in [0.1, 0.15) is 0 Å². The number of rotatable bonds is 7. The molecule has 1 fully saturated rings. The molecule has 1 rings (SSSR count). The number of carbonyl (C=O) groups is 2. The van der Waals surface area contributed by atoms with E-state index in [2.05, 4.69) is 17.4 Å². The molecule has 0 aromatic carbocycles. The Balaban J connectivity index is 0. The first-order valence-electron chi connectivity index (χ1n) is 6.35. The van der Waals surface area contributed by atoms with E-state index in [1.807, 2.05) is 0 Å². The molecular weight excluding hydrogens is 248 g/mol. The molecule has 0 aromatic rings. The van der Waals surface area contributed by atoms with E-state index in [1.165, 1.54) is 4.90 Å². The van der Waals surface area contributed by atoms with Gasteiger partial charge in [0, 0.05) is 21.6 Å². The lowest BCUT2D eigenvalue weighted by Gasteiger charge is -2.29. The van der Waals surface area contributed by atoms with Crippen LogP contribution in [0, 0.1) is 0 Å². The maximum absolute atomic E-state index is 11.7. The minimum absolute atomic E-state index is 0. The number of nitrogens with two attached hydrogens (primary N) is 1. The molecule has 1 saturated heterocycles. The van der Waals surface area contributed by atoms with Crippen molar-refractivity contribution >= 4 is 11.8 Å². The van der Waals surface area contributed by atoms with Gasteiger partial charge in [-0.1, -0.05) is 6.58 Å². The minimum Gasteiger partial charge on any atom is -0.352 e. The molecule has 1 atom stereocenters. The van der Waals surface area contributed by atoms with E-state index in [0.717, 1.165) is 6.42 Å².